The van der Waals surface area contributed by atoms with Gasteiger partial charge in [-0.3, -0.25) is 0 Å². The van der Waals surface area contributed by atoms with Crippen LogP contribution in [0.1, 0.15) is 18.4 Å². The van der Waals surface area contributed by atoms with Gasteiger partial charge in [0, 0.05) is 24.8 Å². The van der Waals surface area contributed by atoms with Crippen LogP contribution in [0.3, 0.4) is 0 Å². The largest absolute Gasteiger partial charge is 0.381 e. The Morgan fingerprint density at radius 2 is 2.35 bits per heavy atom. The van der Waals surface area contributed by atoms with Crippen LogP contribution in [-0.4, -0.2) is 19.8 Å². The summed E-state index contributed by atoms with van der Waals surface area (Å²) in [6.45, 7) is 3.30. The van der Waals surface area contributed by atoms with Crippen molar-refractivity contribution >= 4 is 11.6 Å². The normalized spacial score (nSPS) is 19.8. The highest BCUT2D eigenvalue weighted by Gasteiger charge is 2.14. The van der Waals surface area contributed by atoms with Crippen LogP contribution in [0.5, 0.6) is 0 Å². The van der Waals surface area contributed by atoms with E-state index < -0.39 is 0 Å². The van der Waals surface area contributed by atoms with Gasteiger partial charge in [0.25, 0.3) is 0 Å². The molecule has 1 aromatic carbocycles. The third kappa shape index (κ3) is 3.95. The first-order chi connectivity index (χ1) is 8.25. The molecule has 1 saturated heterocycles. The molecule has 1 N–H and O–H groups in total. The fourth-order valence-electron chi connectivity index (χ4n) is 2.02. The summed E-state index contributed by atoms with van der Waals surface area (Å²) < 4.78 is 18.3. The monoisotopic (exact) mass is 257 g/mol. The minimum atomic E-state index is -0.240. The molecule has 4 heteroatoms. The molecule has 17 heavy (non-hydrogen) atoms. The van der Waals surface area contributed by atoms with Crippen LogP contribution in [0.4, 0.5) is 4.39 Å². The van der Waals surface area contributed by atoms with Crippen LogP contribution >= 0.6 is 11.6 Å². The zero-order valence-corrected chi connectivity index (χ0v) is 10.5. The fraction of sp³-hybridized carbons (Fsp3) is 0.538. The second kappa shape index (κ2) is 6.34. The predicted octanol–water partition coefficient (Wildman–Crippen LogP) is 3.00. The lowest BCUT2D eigenvalue weighted by Crippen LogP contribution is -2.18. The lowest BCUT2D eigenvalue weighted by atomic mass is 10.1. The summed E-state index contributed by atoms with van der Waals surface area (Å²) in [5, 5.41) is 3.90. The molecule has 0 radical (unpaired) electrons. The Kier molecular flexibility index (Phi) is 4.77. The van der Waals surface area contributed by atoms with Crippen LogP contribution in [0.15, 0.2) is 18.2 Å². The quantitative estimate of drug-likeness (QED) is 0.819. The maximum atomic E-state index is 13.0. The van der Waals surface area contributed by atoms with Gasteiger partial charge in [-0.25, -0.2) is 4.39 Å². The van der Waals surface area contributed by atoms with E-state index in [1.807, 2.05) is 0 Å². The zero-order chi connectivity index (χ0) is 12.1. The van der Waals surface area contributed by atoms with Gasteiger partial charge in [0.15, 0.2) is 0 Å². The summed E-state index contributed by atoms with van der Waals surface area (Å²) in [6.07, 6.45) is 2.26. The molecule has 1 heterocycles. The first kappa shape index (κ1) is 12.8. The Balaban J connectivity index is 1.72. The molecule has 1 aliphatic rings. The average molecular weight is 258 g/mol. The second-order valence-corrected chi connectivity index (χ2v) is 4.84. The lowest BCUT2D eigenvalue weighted by molar-refractivity contribution is 0.184. The smallest absolute Gasteiger partial charge is 0.123 e. The van der Waals surface area contributed by atoms with Crippen molar-refractivity contribution in [3.63, 3.8) is 0 Å². The first-order valence-corrected chi connectivity index (χ1v) is 6.36. The van der Waals surface area contributed by atoms with E-state index in [2.05, 4.69) is 5.32 Å². The van der Waals surface area contributed by atoms with Crippen molar-refractivity contribution in [1.82, 2.24) is 5.32 Å². The summed E-state index contributed by atoms with van der Waals surface area (Å²) in [6, 6.07) is 4.45. The molecule has 1 atom stereocenters. The van der Waals surface area contributed by atoms with Crippen molar-refractivity contribution in [2.45, 2.75) is 19.4 Å². The van der Waals surface area contributed by atoms with Gasteiger partial charge in [-0.05, 0) is 49.1 Å². The molecule has 1 fully saturated rings. The van der Waals surface area contributed by atoms with Gasteiger partial charge in [-0.1, -0.05) is 11.6 Å². The van der Waals surface area contributed by atoms with E-state index in [1.54, 1.807) is 6.07 Å². The zero-order valence-electron chi connectivity index (χ0n) is 9.72. The summed E-state index contributed by atoms with van der Waals surface area (Å²) in [4.78, 5) is 0. The topological polar surface area (TPSA) is 21.3 Å². The second-order valence-electron chi connectivity index (χ2n) is 4.43. The molecule has 1 unspecified atom stereocenters. The van der Waals surface area contributed by atoms with E-state index in [4.69, 9.17) is 16.3 Å². The van der Waals surface area contributed by atoms with Crippen LogP contribution in [0, 0.1) is 11.7 Å². The summed E-state index contributed by atoms with van der Waals surface area (Å²) >= 11 is 5.98. The molecule has 1 aliphatic heterocycles. The van der Waals surface area contributed by atoms with Crippen LogP contribution in [-0.2, 0) is 11.3 Å². The van der Waals surface area contributed by atoms with Crippen molar-refractivity contribution in [2.24, 2.45) is 5.92 Å². The number of halogens is 2. The van der Waals surface area contributed by atoms with Gasteiger partial charge < -0.3 is 10.1 Å². The van der Waals surface area contributed by atoms with Crippen molar-refractivity contribution in [3.05, 3.63) is 34.6 Å². The minimum absolute atomic E-state index is 0.240. The molecule has 2 nitrogen and oxygen atoms in total. The number of hydrogen-bond acceptors (Lipinski definition) is 2. The van der Waals surface area contributed by atoms with Crippen molar-refractivity contribution in [2.75, 3.05) is 19.8 Å². The number of rotatable bonds is 5. The van der Waals surface area contributed by atoms with E-state index in [1.165, 1.54) is 12.1 Å². The van der Waals surface area contributed by atoms with Crippen molar-refractivity contribution in [1.29, 1.82) is 0 Å². The molecule has 2 rings (SSSR count). The van der Waals surface area contributed by atoms with Gasteiger partial charge in [0.2, 0.25) is 0 Å². The minimum Gasteiger partial charge on any atom is -0.381 e. The summed E-state index contributed by atoms with van der Waals surface area (Å²) in [5.41, 5.74) is 0.814. The number of nitrogens with one attached hydrogen (secondary N) is 1. The van der Waals surface area contributed by atoms with Gasteiger partial charge in [0.1, 0.15) is 5.82 Å². The van der Waals surface area contributed by atoms with E-state index in [9.17, 15) is 4.39 Å². The maximum Gasteiger partial charge on any atom is 0.123 e. The van der Waals surface area contributed by atoms with Crippen LogP contribution in [0.2, 0.25) is 5.02 Å². The summed E-state index contributed by atoms with van der Waals surface area (Å²) in [7, 11) is 0. The molecule has 0 amide bonds. The Hall–Kier alpha value is -0.640. The molecule has 0 bridgehead atoms. The van der Waals surface area contributed by atoms with Crippen LogP contribution < -0.4 is 5.32 Å². The Labute approximate surface area is 106 Å². The highest BCUT2D eigenvalue weighted by Crippen LogP contribution is 2.18. The van der Waals surface area contributed by atoms with E-state index >= 15 is 0 Å². The van der Waals surface area contributed by atoms with E-state index in [-0.39, 0.29) is 5.82 Å². The fourth-order valence-corrected chi connectivity index (χ4v) is 2.20. The average Bonchev–Trinajstić information content (AvgIpc) is 2.82. The molecular weight excluding hydrogens is 241 g/mol. The van der Waals surface area contributed by atoms with E-state index in [0.717, 1.165) is 38.2 Å². The molecule has 1 aromatic rings. The molecule has 0 spiro atoms. The van der Waals surface area contributed by atoms with E-state index in [0.29, 0.717) is 17.5 Å². The highest BCUT2D eigenvalue weighted by molar-refractivity contribution is 6.31. The summed E-state index contributed by atoms with van der Waals surface area (Å²) in [5.74, 6) is 0.431. The first-order valence-electron chi connectivity index (χ1n) is 5.98. The van der Waals surface area contributed by atoms with Crippen molar-refractivity contribution in [3.8, 4) is 0 Å². The van der Waals surface area contributed by atoms with Gasteiger partial charge in [-0.15, -0.1) is 0 Å². The molecule has 0 aromatic heterocycles. The Bertz CT molecular complexity index is 366. The standard InChI is InChI=1S/C13H17ClFNO/c14-13-2-1-12(15)7-11(13)8-16-5-3-10-4-6-17-9-10/h1-2,7,10,16H,3-6,8-9H2. The highest BCUT2D eigenvalue weighted by atomic mass is 35.5. The maximum absolute atomic E-state index is 13.0. The van der Waals surface area contributed by atoms with Crippen molar-refractivity contribution < 1.29 is 9.13 Å². The Morgan fingerprint density at radius 3 is 3.12 bits per heavy atom. The predicted molar refractivity (Wildman–Crippen MR) is 66.7 cm³/mol. The van der Waals surface area contributed by atoms with Crippen LogP contribution in [0.25, 0.3) is 0 Å². The third-order valence-electron chi connectivity index (χ3n) is 3.08. The Morgan fingerprint density at radius 1 is 1.47 bits per heavy atom. The molecular formula is C13H17ClFNO. The van der Waals surface area contributed by atoms with Gasteiger partial charge >= 0.3 is 0 Å². The van der Waals surface area contributed by atoms with Gasteiger partial charge in [-0.2, -0.15) is 0 Å². The number of hydrogen-bond donors (Lipinski definition) is 1. The third-order valence-corrected chi connectivity index (χ3v) is 3.45. The SMILES string of the molecule is Fc1ccc(Cl)c(CNCCC2CCOC2)c1. The van der Waals surface area contributed by atoms with Gasteiger partial charge in [0.05, 0.1) is 0 Å². The lowest BCUT2D eigenvalue weighted by Gasteiger charge is -2.09. The number of benzene rings is 1. The molecule has 94 valence electrons. The number of ether oxygens (including phenoxy) is 1. The molecule has 0 saturated carbocycles. The molecule has 0 aliphatic carbocycles.